The number of hydrogen-bond acceptors (Lipinski definition) is 6. The third-order valence-corrected chi connectivity index (χ3v) is 5.05. The molecule has 0 atom stereocenters. The molecule has 3 rings (SSSR count). The average molecular weight is 364 g/mol. The van der Waals surface area contributed by atoms with E-state index in [0.29, 0.717) is 5.16 Å². The Kier molecular flexibility index (Phi) is 6.04. The maximum atomic E-state index is 12.0. The van der Waals surface area contributed by atoms with Crippen molar-refractivity contribution < 1.29 is 9.53 Å². The highest BCUT2D eigenvalue weighted by atomic mass is 35.5. The second kappa shape index (κ2) is 8.44. The summed E-state index contributed by atoms with van der Waals surface area (Å²) in [6.45, 7) is 0. The fourth-order valence-electron chi connectivity index (χ4n) is 2.55. The molecule has 2 aromatic heterocycles. The third kappa shape index (κ3) is 4.92. The van der Waals surface area contributed by atoms with E-state index in [4.69, 9.17) is 16.3 Å². The summed E-state index contributed by atoms with van der Waals surface area (Å²) in [6.07, 6.45) is 6.88. The van der Waals surface area contributed by atoms with Gasteiger partial charge in [0.05, 0.1) is 17.1 Å². The van der Waals surface area contributed by atoms with Crippen LogP contribution in [0.5, 0.6) is 0 Å². The van der Waals surface area contributed by atoms with Crippen molar-refractivity contribution >= 4 is 29.3 Å². The van der Waals surface area contributed by atoms with Gasteiger partial charge >= 0.3 is 5.97 Å². The van der Waals surface area contributed by atoms with Crippen LogP contribution in [0.25, 0.3) is 11.4 Å². The summed E-state index contributed by atoms with van der Waals surface area (Å²) in [5.74, 6) is -0.0307. The topological polar surface area (TPSA) is 65.0 Å². The lowest BCUT2D eigenvalue weighted by Gasteiger charge is -2.24. The maximum absolute atomic E-state index is 12.0. The molecule has 2 aromatic rings. The lowest BCUT2D eigenvalue weighted by molar-refractivity contribution is -0.147. The van der Waals surface area contributed by atoms with Crippen LogP contribution < -0.4 is 0 Å². The van der Waals surface area contributed by atoms with E-state index in [2.05, 4.69) is 15.0 Å². The Labute approximate surface area is 150 Å². The Morgan fingerprint density at radius 2 is 1.96 bits per heavy atom. The lowest BCUT2D eigenvalue weighted by Crippen LogP contribution is -2.25. The number of alkyl halides is 1. The number of carbonyl (C=O) groups excluding carboxylic acids is 1. The van der Waals surface area contributed by atoms with Crippen molar-refractivity contribution in [3.63, 3.8) is 0 Å². The number of rotatable bonds is 5. The summed E-state index contributed by atoms with van der Waals surface area (Å²) in [7, 11) is 0. The summed E-state index contributed by atoms with van der Waals surface area (Å²) < 4.78 is 5.49. The van der Waals surface area contributed by atoms with E-state index in [1.54, 1.807) is 18.5 Å². The molecule has 0 amide bonds. The van der Waals surface area contributed by atoms with Crippen LogP contribution in [0.15, 0.2) is 41.8 Å². The zero-order valence-electron chi connectivity index (χ0n) is 13.1. The van der Waals surface area contributed by atoms with E-state index in [9.17, 15) is 4.79 Å². The van der Waals surface area contributed by atoms with Gasteiger partial charge in [-0.1, -0.05) is 17.8 Å². The summed E-state index contributed by atoms with van der Waals surface area (Å²) in [4.78, 5) is 24.9. The molecule has 1 fully saturated rings. The molecule has 0 aliphatic heterocycles. The number of nitrogens with zero attached hydrogens (tertiary/aromatic N) is 3. The second-order valence-electron chi connectivity index (χ2n) is 5.59. The molecule has 1 aliphatic rings. The molecule has 0 spiro atoms. The molecular weight excluding hydrogens is 346 g/mol. The molecule has 1 aliphatic carbocycles. The molecule has 0 radical (unpaired) electrons. The fraction of sp³-hybridized carbons (Fsp3) is 0.412. The number of ether oxygens (including phenoxy) is 1. The summed E-state index contributed by atoms with van der Waals surface area (Å²) >= 11 is 7.33. The number of hydrogen-bond donors (Lipinski definition) is 0. The molecule has 0 unspecified atom stereocenters. The van der Waals surface area contributed by atoms with Gasteiger partial charge in [0.2, 0.25) is 0 Å². The average Bonchev–Trinajstić information content (AvgIpc) is 2.63. The van der Waals surface area contributed by atoms with Gasteiger partial charge in [0, 0.05) is 17.8 Å². The van der Waals surface area contributed by atoms with Crippen molar-refractivity contribution in [1.82, 2.24) is 15.0 Å². The highest BCUT2D eigenvalue weighted by Crippen LogP contribution is 2.25. The number of aromatic nitrogens is 3. The quantitative estimate of drug-likeness (QED) is 0.349. The molecule has 0 bridgehead atoms. The Hall–Kier alpha value is -1.66. The van der Waals surface area contributed by atoms with Crippen LogP contribution in [0.2, 0.25) is 0 Å². The number of carbonyl (C=O) groups is 1. The SMILES string of the molecule is O=C(CSc1nccc(-c2ccccn2)n1)OC1CCC(Cl)CC1. The van der Waals surface area contributed by atoms with Gasteiger partial charge < -0.3 is 4.74 Å². The minimum absolute atomic E-state index is 0.00567. The summed E-state index contributed by atoms with van der Waals surface area (Å²) in [6, 6.07) is 7.45. The molecular formula is C17H18ClN3O2S. The summed E-state index contributed by atoms with van der Waals surface area (Å²) in [5.41, 5.74) is 1.52. The van der Waals surface area contributed by atoms with Gasteiger partial charge in [-0.05, 0) is 43.9 Å². The van der Waals surface area contributed by atoms with Gasteiger partial charge in [-0.15, -0.1) is 11.6 Å². The molecule has 5 nitrogen and oxygen atoms in total. The molecule has 0 aromatic carbocycles. The monoisotopic (exact) mass is 363 g/mol. The van der Waals surface area contributed by atoms with E-state index < -0.39 is 0 Å². The zero-order valence-corrected chi connectivity index (χ0v) is 14.7. The molecule has 0 N–H and O–H groups in total. The highest BCUT2D eigenvalue weighted by Gasteiger charge is 2.22. The van der Waals surface area contributed by atoms with Crippen molar-refractivity contribution in [1.29, 1.82) is 0 Å². The Morgan fingerprint density at radius 3 is 2.71 bits per heavy atom. The van der Waals surface area contributed by atoms with Gasteiger partial charge in [-0.3, -0.25) is 9.78 Å². The predicted octanol–water partition coefficient (Wildman–Crippen LogP) is 3.72. The van der Waals surface area contributed by atoms with Crippen LogP contribution in [0.1, 0.15) is 25.7 Å². The number of halogens is 1. The Morgan fingerprint density at radius 1 is 1.12 bits per heavy atom. The number of esters is 1. The van der Waals surface area contributed by atoms with E-state index in [-0.39, 0.29) is 23.2 Å². The Balaban J connectivity index is 1.52. The van der Waals surface area contributed by atoms with Crippen molar-refractivity contribution in [3.8, 4) is 11.4 Å². The van der Waals surface area contributed by atoms with E-state index in [1.807, 2.05) is 18.2 Å². The van der Waals surface area contributed by atoms with Crippen LogP contribution in [-0.4, -0.2) is 38.2 Å². The number of pyridine rings is 1. The first-order chi connectivity index (χ1) is 11.7. The standard InChI is InChI=1S/C17H18ClN3O2S/c18-12-4-6-13(7-5-12)23-16(22)11-24-17-20-10-8-15(21-17)14-3-1-2-9-19-14/h1-3,8-10,12-13H,4-7,11H2. The van der Waals surface area contributed by atoms with E-state index >= 15 is 0 Å². The minimum atomic E-state index is -0.232. The Bertz CT molecular complexity index is 679. The normalized spacial score (nSPS) is 20.5. The van der Waals surface area contributed by atoms with Crippen LogP contribution >= 0.6 is 23.4 Å². The first kappa shape index (κ1) is 17.2. The van der Waals surface area contributed by atoms with Crippen molar-refractivity contribution in [3.05, 3.63) is 36.7 Å². The van der Waals surface area contributed by atoms with Crippen molar-refractivity contribution in [2.45, 2.75) is 42.3 Å². The first-order valence-electron chi connectivity index (χ1n) is 7.91. The van der Waals surface area contributed by atoms with Gasteiger partial charge in [-0.2, -0.15) is 0 Å². The molecule has 126 valence electrons. The lowest BCUT2D eigenvalue weighted by atomic mass is 9.97. The van der Waals surface area contributed by atoms with Crippen LogP contribution in [-0.2, 0) is 9.53 Å². The predicted molar refractivity (Wildman–Crippen MR) is 94.0 cm³/mol. The molecule has 1 saturated carbocycles. The van der Waals surface area contributed by atoms with E-state index in [1.165, 1.54) is 11.8 Å². The molecule has 0 saturated heterocycles. The van der Waals surface area contributed by atoms with Crippen LogP contribution in [0, 0.1) is 0 Å². The molecule has 24 heavy (non-hydrogen) atoms. The zero-order chi connectivity index (χ0) is 16.8. The molecule has 2 heterocycles. The smallest absolute Gasteiger partial charge is 0.316 e. The minimum Gasteiger partial charge on any atom is -0.462 e. The maximum Gasteiger partial charge on any atom is 0.316 e. The van der Waals surface area contributed by atoms with Gasteiger partial charge in [0.15, 0.2) is 5.16 Å². The summed E-state index contributed by atoms with van der Waals surface area (Å²) in [5, 5.41) is 0.761. The van der Waals surface area contributed by atoms with Crippen molar-refractivity contribution in [2.75, 3.05) is 5.75 Å². The van der Waals surface area contributed by atoms with Crippen LogP contribution in [0.3, 0.4) is 0 Å². The third-order valence-electron chi connectivity index (χ3n) is 3.78. The van der Waals surface area contributed by atoms with E-state index in [0.717, 1.165) is 37.1 Å². The first-order valence-corrected chi connectivity index (χ1v) is 9.34. The second-order valence-corrected chi connectivity index (χ2v) is 7.15. The van der Waals surface area contributed by atoms with Crippen molar-refractivity contribution in [2.24, 2.45) is 0 Å². The van der Waals surface area contributed by atoms with Gasteiger partial charge in [0.1, 0.15) is 6.10 Å². The number of thioether (sulfide) groups is 1. The fourth-order valence-corrected chi connectivity index (χ4v) is 3.42. The van der Waals surface area contributed by atoms with Crippen LogP contribution in [0.4, 0.5) is 0 Å². The van der Waals surface area contributed by atoms with Gasteiger partial charge in [0.25, 0.3) is 0 Å². The molecule has 7 heteroatoms. The highest BCUT2D eigenvalue weighted by molar-refractivity contribution is 7.99. The van der Waals surface area contributed by atoms with Gasteiger partial charge in [-0.25, -0.2) is 9.97 Å². The largest absolute Gasteiger partial charge is 0.462 e.